The zero-order chi connectivity index (χ0) is 26.8. The van der Waals surface area contributed by atoms with E-state index in [4.69, 9.17) is 18.9 Å². The molecule has 0 heterocycles. The van der Waals surface area contributed by atoms with Gasteiger partial charge in [-0.05, 0) is 78.6 Å². The van der Waals surface area contributed by atoms with E-state index in [0.29, 0.717) is 48.9 Å². The van der Waals surface area contributed by atoms with E-state index in [1.807, 2.05) is 0 Å². The van der Waals surface area contributed by atoms with E-state index < -0.39 is 5.97 Å². The van der Waals surface area contributed by atoms with Crippen molar-refractivity contribution in [2.45, 2.75) is 60.8 Å². The molecule has 2 aromatic carbocycles. The zero-order valence-electron chi connectivity index (χ0n) is 22.2. The molecule has 0 radical (unpaired) electrons. The van der Waals surface area contributed by atoms with Crippen LogP contribution in [0.15, 0.2) is 48.5 Å². The summed E-state index contributed by atoms with van der Waals surface area (Å²) in [6.45, 7) is 13.8. The largest absolute Gasteiger partial charge is 0.494 e. The van der Waals surface area contributed by atoms with Crippen LogP contribution in [0.3, 0.4) is 0 Å². The molecule has 0 aliphatic heterocycles. The summed E-state index contributed by atoms with van der Waals surface area (Å²) in [4.78, 5) is 35.3. The van der Waals surface area contributed by atoms with Gasteiger partial charge in [-0.2, -0.15) is 0 Å². The summed E-state index contributed by atoms with van der Waals surface area (Å²) in [6.07, 6.45) is 2.24. The minimum absolute atomic E-state index is 0.0530. The third-order valence-electron chi connectivity index (χ3n) is 5.51. The predicted molar refractivity (Wildman–Crippen MR) is 137 cm³/mol. The monoisotopic (exact) mass is 498 g/mol. The molecule has 2 rings (SSSR count). The van der Waals surface area contributed by atoms with Crippen LogP contribution in [0.4, 0.5) is 0 Å². The number of carbonyl (C=O) groups excluding carboxylic acids is 3. The average Bonchev–Trinajstić information content (AvgIpc) is 2.80. The SMILES string of the molecule is CC(C)(C)CC(C(=O)OCCCCOc1ccc(OC(=O)c2ccc(OC=O)cc2)cc1)C(C)(C)C. The number of rotatable bonds is 12. The minimum Gasteiger partial charge on any atom is -0.494 e. The van der Waals surface area contributed by atoms with Crippen molar-refractivity contribution in [2.75, 3.05) is 13.2 Å². The molecule has 0 amide bonds. The number of ether oxygens (including phenoxy) is 4. The number of unbranched alkanes of at least 4 members (excludes halogenated alkanes) is 1. The number of carbonyl (C=O) groups is 3. The molecule has 0 spiro atoms. The Bertz CT molecular complexity index is 980. The van der Waals surface area contributed by atoms with Crippen molar-refractivity contribution < 1.29 is 33.3 Å². The van der Waals surface area contributed by atoms with Gasteiger partial charge in [0.2, 0.25) is 0 Å². The summed E-state index contributed by atoms with van der Waals surface area (Å²) >= 11 is 0. The number of hydrogen-bond donors (Lipinski definition) is 0. The number of esters is 2. The highest BCUT2D eigenvalue weighted by molar-refractivity contribution is 5.91. The van der Waals surface area contributed by atoms with Crippen molar-refractivity contribution in [2.24, 2.45) is 16.7 Å². The number of hydrogen-bond acceptors (Lipinski definition) is 7. The first kappa shape index (κ1) is 28.9. The average molecular weight is 499 g/mol. The Morgan fingerprint density at radius 2 is 1.36 bits per heavy atom. The fourth-order valence-corrected chi connectivity index (χ4v) is 3.52. The second-order valence-corrected chi connectivity index (χ2v) is 11.0. The van der Waals surface area contributed by atoms with E-state index >= 15 is 0 Å². The predicted octanol–water partition coefficient (Wildman–Crippen LogP) is 6.24. The molecule has 1 unspecified atom stereocenters. The smallest absolute Gasteiger partial charge is 0.343 e. The lowest BCUT2D eigenvalue weighted by Crippen LogP contribution is -2.33. The van der Waals surface area contributed by atoms with Crippen LogP contribution in [0.5, 0.6) is 17.2 Å². The highest BCUT2D eigenvalue weighted by atomic mass is 16.5. The molecular formula is C29H38O7. The molecule has 2 aromatic rings. The van der Waals surface area contributed by atoms with Gasteiger partial charge in [0.25, 0.3) is 6.47 Å². The topological polar surface area (TPSA) is 88.1 Å². The molecule has 0 aliphatic rings. The van der Waals surface area contributed by atoms with E-state index in [9.17, 15) is 14.4 Å². The lowest BCUT2D eigenvalue weighted by Gasteiger charge is -2.33. The Balaban J connectivity index is 1.71. The molecule has 7 heteroatoms. The molecule has 0 bridgehead atoms. The van der Waals surface area contributed by atoms with Gasteiger partial charge in [-0.15, -0.1) is 0 Å². The van der Waals surface area contributed by atoms with Crippen LogP contribution in [0.2, 0.25) is 0 Å². The zero-order valence-corrected chi connectivity index (χ0v) is 22.2. The molecule has 0 saturated heterocycles. The highest BCUT2D eigenvalue weighted by Crippen LogP contribution is 2.36. The van der Waals surface area contributed by atoms with Gasteiger partial charge in [0, 0.05) is 0 Å². The molecule has 0 saturated carbocycles. The molecule has 196 valence electrons. The second kappa shape index (κ2) is 13.1. The quantitative estimate of drug-likeness (QED) is 0.148. The Hall–Kier alpha value is -3.35. The van der Waals surface area contributed by atoms with Crippen molar-refractivity contribution in [3.8, 4) is 17.2 Å². The van der Waals surface area contributed by atoms with Crippen LogP contribution in [0.25, 0.3) is 0 Å². The molecule has 7 nitrogen and oxygen atoms in total. The number of benzene rings is 2. The van der Waals surface area contributed by atoms with Crippen LogP contribution in [-0.2, 0) is 14.3 Å². The second-order valence-electron chi connectivity index (χ2n) is 11.0. The van der Waals surface area contributed by atoms with Crippen molar-refractivity contribution in [3.05, 3.63) is 54.1 Å². The lowest BCUT2D eigenvalue weighted by atomic mass is 9.72. The first-order chi connectivity index (χ1) is 16.9. The van der Waals surface area contributed by atoms with Crippen molar-refractivity contribution in [1.82, 2.24) is 0 Å². The van der Waals surface area contributed by atoms with Crippen LogP contribution >= 0.6 is 0 Å². The summed E-state index contributed by atoms with van der Waals surface area (Å²) in [5.41, 5.74) is 0.240. The van der Waals surface area contributed by atoms with Crippen molar-refractivity contribution in [3.63, 3.8) is 0 Å². The maximum absolute atomic E-state index is 12.7. The van der Waals surface area contributed by atoms with Gasteiger partial charge in [0.15, 0.2) is 0 Å². The fourth-order valence-electron chi connectivity index (χ4n) is 3.52. The highest BCUT2D eigenvalue weighted by Gasteiger charge is 2.35. The van der Waals surface area contributed by atoms with Gasteiger partial charge < -0.3 is 18.9 Å². The third-order valence-corrected chi connectivity index (χ3v) is 5.51. The van der Waals surface area contributed by atoms with Crippen LogP contribution in [0, 0.1) is 16.7 Å². The van der Waals surface area contributed by atoms with Gasteiger partial charge in [-0.1, -0.05) is 41.5 Å². The van der Waals surface area contributed by atoms with E-state index in [2.05, 4.69) is 41.5 Å². The molecule has 1 atom stereocenters. The Morgan fingerprint density at radius 3 is 1.92 bits per heavy atom. The molecule has 0 N–H and O–H groups in total. The van der Waals surface area contributed by atoms with Gasteiger partial charge in [0.1, 0.15) is 17.2 Å². The molecule has 0 fully saturated rings. The molecule has 36 heavy (non-hydrogen) atoms. The van der Waals surface area contributed by atoms with Gasteiger partial charge >= 0.3 is 11.9 Å². The van der Waals surface area contributed by atoms with E-state index in [-0.39, 0.29) is 22.7 Å². The van der Waals surface area contributed by atoms with Gasteiger partial charge in [-0.25, -0.2) is 4.79 Å². The van der Waals surface area contributed by atoms with Crippen LogP contribution < -0.4 is 14.2 Å². The standard InChI is InChI=1S/C29H38O7/c1-28(2,3)19-25(29(4,5)6)27(32)34-18-8-7-17-33-22-13-15-24(16-14-22)36-26(31)21-9-11-23(12-10-21)35-20-30/h9-16,20,25H,7-8,17-19H2,1-6H3. The van der Waals surface area contributed by atoms with E-state index in [0.717, 1.165) is 12.8 Å². The van der Waals surface area contributed by atoms with Crippen LogP contribution in [-0.4, -0.2) is 31.6 Å². The Morgan fingerprint density at radius 1 is 0.806 bits per heavy atom. The van der Waals surface area contributed by atoms with E-state index in [1.165, 1.54) is 24.3 Å². The van der Waals surface area contributed by atoms with Gasteiger partial charge in [-0.3, -0.25) is 9.59 Å². The summed E-state index contributed by atoms with van der Waals surface area (Å²) in [5, 5.41) is 0. The van der Waals surface area contributed by atoms with Crippen molar-refractivity contribution in [1.29, 1.82) is 0 Å². The Labute approximate surface area is 214 Å². The molecule has 0 aromatic heterocycles. The lowest BCUT2D eigenvalue weighted by molar-refractivity contribution is -0.154. The normalized spacial score (nSPS) is 12.4. The Kier molecular flexibility index (Phi) is 10.5. The third kappa shape index (κ3) is 10.1. The van der Waals surface area contributed by atoms with Crippen molar-refractivity contribution >= 4 is 18.4 Å². The first-order valence-electron chi connectivity index (χ1n) is 12.2. The summed E-state index contributed by atoms with van der Waals surface area (Å²) in [7, 11) is 0. The maximum Gasteiger partial charge on any atom is 0.343 e. The first-order valence-corrected chi connectivity index (χ1v) is 12.2. The summed E-state index contributed by atoms with van der Waals surface area (Å²) in [6, 6.07) is 12.8. The van der Waals surface area contributed by atoms with Gasteiger partial charge in [0.05, 0.1) is 24.7 Å². The molecular weight excluding hydrogens is 460 g/mol. The van der Waals surface area contributed by atoms with E-state index in [1.54, 1.807) is 24.3 Å². The summed E-state index contributed by atoms with van der Waals surface area (Å²) in [5.74, 6) is 0.588. The van der Waals surface area contributed by atoms with Crippen LogP contribution in [0.1, 0.15) is 71.2 Å². The maximum atomic E-state index is 12.7. The summed E-state index contributed by atoms with van der Waals surface area (Å²) < 4.78 is 21.4. The fraction of sp³-hybridized carbons (Fsp3) is 0.483. The minimum atomic E-state index is -0.521. The molecule has 0 aliphatic carbocycles.